The lowest BCUT2D eigenvalue weighted by atomic mass is 8.93. The van der Waals surface area contributed by atoms with Crippen molar-refractivity contribution in [1.82, 2.24) is 0 Å². The standard InChI is InChI=1S/C11H20.C10H12.C10H18.C9H16.C7H12/c1-10-4-3-5-11(2,8-6-10)9-7-10;1-9-3-6-4(9)8-5(9)7(3)10(6,8)2;1-9-3-6-10(2,7-4-9)8-5-9;1-8-3-5-9(2,7-8)6-4-8;1-6-3-7(2,4-6)5-6/h3-9H2,1-2H3;3-8H,1-2H3;3-8H2,1-2H3;3-7H2,1-2H3;3-5H2,1-2H3. The van der Waals surface area contributed by atoms with E-state index in [-0.39, 0.29) is 0 Å². The maximum atomic E-state index is 2.56. The highest BCUT2D eigenvalue weighted by Gasteiger charge is 3.06. The molecule has 17 fully saturated rings. The quantitative estimate of drug-likeness (QED) is 0.247. The summed E-state index contributed by atoms with van der Waals surface area (Å²) in [5, 5.41) is 0. The molecule has 0 heterocycles. The normalized spacial score (nSPS) is 66.0. The predicted molar refractivity (Wildman–Crippen MR) is 199 cm³/mol. The van der Waals surface area contributed by atoms with Gasteiger partial charge in [-0.25, -0.2) is 0 Å². The topological polar surface area (TPSA) is 0 Å². The van der Waals surface area contributed by atoms with Gasteiger partial charge < -0.3 is 0 Å². The minimum Gasteiger partial charge on any atom is -0.0596 e. The Hall–Kier alpha value is 0. The fraction of sp³-hybridized carbons (Fsp3) is 1.00. The van der Waals surface area contributed by atoms with Gasteiger partial charge in [-0.15, -0.1) is 0 Å². The third kappa shape index (κ3) is 4.48. The summed E-state index contributed by atoms with van der Waals surface area (Å²) in [6.07, 6.45) is 31.6. The minimum absolute atomic E-state index is 0.746. The van der Waals surface area contributed by atoms with E-state index in [0.717, 1.165) is 54.1 Å². The molecular weight excluding hydrogens is 565 g/mol. The Morgan fingerprint density at radius 3 is 0.596 bits per heavy atom. The van der Waals surface area contributed by atoms with Gasteiger partial charge in [0.15, 0.2) is 0 Å². The molecule has 0 aliphatic heterocycles. The van der Waals surface area contributed by atoms with Crippen molar-refractivity contribution in [2.45, 2.75) is 204 Å². The van der Waals surface area contributed by atoms with Gasteiger partial charge in [-0.2, -0.15) is 0 Å². The van der Waals surface area contributed by atoms with Crippen molar-refractivity contribution in [2.75, 3.05) is 0 Å². The summed E-state index contributed by atoms with van der Waals surface area (Å²) >= 11 is 0. The van der Waals surface area contributed by atoms with E-state index in [4.69, 9.17) is 0 Å². The van der Waals surface area contributed by atoms with E-state index in [2.05, 4.69) is 69.2 Å². The molecule has 17 rings (SSSR count). The van der Waals surface area contributed by atoms with Gasteiger partial charge in [0, 0.05) is 0 Å². The Labute approximate surface area is 292 Å². The van der Waals surface area contributed by atoms with Gasteiger partial charge >= 0.3 is 0 Å². The Kier molecular flexibility index (Phi) is 6.65. The number of rotatable bonds is 0. The molecule has 0 atom stereocenters. The van der Waals surface area contributed by atoms with Crippen molar-refractivity contribution in [3.8, 4) is 0 Å². The van der Waals surface area contributed by atoms with Crippen molar-refractivity contribution in [2.24, 2.45) is 89.7 Å². The Morgan fingerprint density at radius 2 is 0.426 bits per heavy atom. The van der Waals surface area contributed by atoms with Gasteiger partial charge in [0.25, 0.3) is 0 Å². The Bertz CT molecular complexity index is 1080. The average Bonchev–Trinajstić information content (AvgIpc) is 3.37. The molecule has 0 aromatic rings. The fourth-order valence-corrected chi connectivity index (χ4v) is 17.8. The molecule has 0 unspecified atom stereocenters. The molecule has 0 amide bonds. The van der Waals surface area contributed by atoms with Crippen LogP contribution in [0.4, 0.5) is 0 Å². The Morgan fingerprint density at radius 1 is 0.234 bits per heavy atom. The zero-order chi connectivity index (χ0) is 33.3. The first-order valence-corrected chi connectivity index (χ1v) is 21.7. The first-order chi connectivity index (χ1) is 21.7. The highest BCUT2D eigenvalue weighted by molar-refractivity contribution is 5.53. The van der Waals surface area contributed by atoms with Gasteiger partial charge in [0.1, 0.15) is 0 Å². The summed E-state index contributed by atoms with van der Waals surface area (Å²) in [6, 6.07) is 0. The van der Waals surface area contributed by atoms with Crippen LogP contribution in [-0.4, -0.2) is 0 Å². The molecule has 0 N–H and O–H groups in total. The minimum atomic E-state index is 0.746. The summed E-state index contributed by atoms with van der Waals surface area (Å²) in [4.78, 5) is 0. The van der Waals surface area contributed by atoms with E-state index < -0.39 is 0 Å². The predicted octanol–water partition coefficient (Wildman–Crippen LogP) is 14.1. The van der Waals surface area contributed by atoms with Crippen LogP contribution in [0.3, 0.4) is 0 Å². The number of fused-ring (bicyclic) bond motifs is 9. The molecule has 266 valence electrons. The van der Waals surface area contributed by atoms with Gasteiger partial charge in [0.05, 0.1) is 0 Å². The van der Waals surface area contributed by atoms with E-state index in [1.807, 2.05) is 0 Å². The molecule has 0 radical (unpaired) electrons. The monoisotopic (exact) mass is 643 g/mol. The zero-order valence-corrected chi connectivity index (χ0v) is 33.3. The molecule has 0 heteroatoms. The maximum Gasteiger partial charge on any atom is -0.0223 e. The van der Waals surface area contributed by atoms with E-state index >= 15 is 0 Å². The summed E-state index contributed by atoms with van der Waals surface area (Å²) in [6.45, 7) is 24.8. The van der Waals surface area contributed by atoms with Crippen LogP contribution in [0.25, 0.3) is 0 Å². The van der Waals surface area contributed by atoms with E-state index in [1.165, 1.54) is 170 Å². The fourth-order valence-electron chi connectivity index (χ4n) is 17.8. The summed E-state index contributed by atoms with van der Waals surface area (Å²) in [7, 11) is 0. The van der Waals surface area contributed by atoms with E-state index in [9.17, 15) is 0 Å². The van der Waals surface area contributed by atoms with Crippen LogP contribution < -0.4 is 0 Å². The molecular formula is C47H78. The van der Waals surface area contributed by atoms with Gasteiger partial charge in [-0.3, -0.25) is 0 Å². The molecule has 17 saturated carbocycles. The Balaban J connectivity index is 0.0000000810. The molecule has 0 nitrogen and oxygen atoms in total. The number of hydrogen-bond acceptors (Lipinski definition) is 0. The maximum absolute atomic E-state index is 2.56. The second kappa shape index (κ2) is 9.50. The summed E-state index contributed by atoms with van der Waals surface area (Å²) in [5.41, 5.74) is 8.10. The first-order valence-electron chi connectivity index (χ1n) is 21.7. The van der Waals surface area contributed by atoms with Crippen LogP contribution in [0.1, 0.15) is 204 Å². The van der Waals surface area contributed by atoms with Crippen LogP contribution in [-0.2, 0) is 0 Å². The van der Waals surface area contributed by atoms with E-state index in [0.29, 0.717) is 0 Å². The molecule has 0 aromatic heterocycles. The largest absolute Gasteiger partial charge is 0.0596 e. The lowest BCUT2D eigenvalue weighted by molar-refractivity contribution is -0.649. The third-order valence-corrected chi connectivity index (χ3v) is 20.9. The highest BCUT2D eigenvalue weighted by Crippen LogP contribution is 3.10. The van der Waals surface area contributed by atoms with Crippen molar-refractivity contribution < 1.29 is 0 Å². The van der Waals surface area contributed by atoms with Crippen molar-refractivity contribution >= 4 is 0 Å². The van der Waals surface area contributed by atoms with Gasteiger partial charge in [-0.05, 0) is 218 Å². The molecule has 0 spiro atoms. The van der Waals surface area contributed by atoms with Crippen LogP contribution in [0, 0.1) is 89.7 Å². The molecule has 0 saturated heterocycles. The molecule has 8 bridgehead atoms. The van der Waals surface area contributed by atoms with Gasteiger partial charge in [0.2, 0.25) is 0 Å². The first kappa shape index (κ1) is 32.9. The van der Waals surface area contributed by atoms with Crippen molar-refractivity contribution in [3.63, 3.8) is 0 Å². The van der Waals surface area contributed by atoms with Crippen LogP contribution in [0.15, 0.2) is 0 Å². The molecule has 47 heavy (non-hydrogen) atoms. The lowest BCUT2D eigenvalue weighted by Crippen LogP contribution is -3.08. The second-order valence-electron chi connectivity index (χ2n) is 25.4. The average molecular weight is 643 g/mol. The third-order valence-electron chi connectivity index (χ3n) is 20.9. The summed E-state index contributed by atoms with van der Waals surface area (Å²) < 4.78 is 0. The SMILES string of the molecule is CC12C3C4C1C1C2C3C41C.CC12CC(C)(C1)C2.CC12CCC(C)(CC1)C2.CC12CCC(C)(CC1)CC2.CC12CCCC(C)(CC1)CC2. The molecule has 17 aliphatic rings. The molecule has 0 aromatic carbocycles. The number of hydrogen-bond donors (Lipinski definition) is 0. The van der Waals surface area contributed by atoms with Gasteiger partial charge in [-0.1, -0.05) is 75.7 Å². The molecule has 17 aliphatic carbocycles. The highest BCUT2D eigenvalue weighted by atomic mass is 15.1. The lowest BCUT2D eigenvalue weighted by Gasteiger charge is -3.11. The summed E-state index contributed by atoms with van der Waals surface area (Å²) in [5.74, 6) is 7.49. The van der Waals surface area contributed by atoms with Crippen molar-refractivity contribution in [3.05, 3.63) is 0 Å². The van der Waals surface area contributed by atoms with Crippen LogP contribution >= 0.6 is 0 Å². The van der Waals surface area contributed by atoms with Crippen molar-refractivity contribution in [1.29, 1.82) is 0 Å². The van der Waals surface area contributed by atoms with E-state index in [1.54, 1.807) is 0 Å². The smallest absolute Gasteiger partial charge is 0.0223 e. The van der Waals surface area contributed by atoms with Crippen LogP contribution in [0.5, 0.6) is 0 Å². The van der Waals surface area contributed by atoms with Crippen LogP contribution in [0.2, 0.25) is 0 Å². The second-order valence-corrected chi connectivity index (χ2v) is 25.4. The zero-order valence-electron chi connectivity index (χ0n) is 33.3.